The minimum atomic E-state index is -0.0429. The van der Waals surface area contributed by atoms with Gasteiger partial charge in [0.25, 0.3) is 0 Å². The second kappa shape index (κ2) is 5.30. The van der Waals surface area contributed by atoms with E-state index < -0.39 is 0 Å². The summed E-state index contributed by atoms with van der Waals surface area (Å²) in [7, 11) is 1.80. The normalized spacial score (nSPS) is 23.9. The summed E-state index contributed by atoms with van der Waals surface area (Å²) in [5.74, 6) is 0.775. The van der Waals surface area contributed by atoms with Crippen molar-refractivity contribution in [2.24, 2.45) is 7.05 Å². The van der Waals surface area contributed by atoms with E-state index >= 15 is 0 Å². The summed E-state index contributed by atoms with van der Waals surface area (Å²) < 4.78 is 0. The van der Waals surface area contributed by atoms with E-state index in [-0.39, 0.29) is 5.54 Å². The van der Waals surface area contributed by atoms with Gasteiger partial charge in [-0.1, -0.05) is 30.3 Å². The number of tetrazole rings is 1. The predicted molar refractivity (Wildman–Crippen MR) is 75.9 cm³/mol. The lowest BCUT2D eigenvalue weighted by molar-refractivity contribution is 0.0622. The van der Waals surface area contributed by atoms with E-state index in [4.69, 9.17) is 0 Å². The quantitative estimate of drug-likeness (QED) is 0.883. The first-order valence-electron chi connectivity index (χ1n) is 6.93. The molecule has 1 atom stereocenters. The Kier molecular flexibility index (Phi) is 3.50. The number of aromatic nitrogens is 4. The van der Waals surface area contributed by atoms with Crippen LogP contribution in [0.1, 0.15) is 18.3 Å². The average molecular weight is 272 g/mol. The van der Waals surface area contributed by atoms with Gasteiger partial charge in [0.2, 0.25) is 0 Å². The van der Waals surface area contributed by atoms with Gasteiger partial charge in [-0.05, 0) is 17.7 Å². The molecule has 0 amide bonds. The molecule has 1 N–H and O–H groups in total. The zero-order valence-electron chi connectivity index (χ0n) is 12.0. The van der Waals surface area contributed by atoms with Crippen molar-refractivity contribution in [3.8, 4) is 0 Å². The van der Waals surface area contributed by atoms with Gasteiger partial charge in [0.05, 0.1) is 19.1 Å². The molecule has 1 aliphatic rings. The number of rotatable bonds is 3. The van der Waals surface area contributed by atoms with Crippen LogP contribution in [0.4, 0.5) is 0 Å². The minimum absolute atomic E-state index is 0.0429. The molecule has 0 bridgehead atoms. The van der Waals surface area contributed by atoms with Crippen molar-refractivity contribution in [3.63, 3.8) is 0 Å². The Labute approximate surface area is 118 Å². The second-order valence-corrected chi connectivity index (χ2v) is 5.43. The molecule has 1 fully saturated rings. The van der Waals surface area contributed by atoms with Gasteiger partial charge >= 0.3 is 0 Å². The topological polar surface area (TPSA) is 58.9 Å². The molecule has 1 saturated heterocycles. The van der Waals surface area contributed by atoms with Crippen molar-refractivity contribution in [2.45, 2.75) is 19.0 Å². The largest absolute Gasteiger partial charge is 0.313 e. The summed E-state index contributed by atoms with van der Waals surface area (Å²) >= 11 is 0. The van der Waals surface area contributed by atoms with Crippen LogP contribution in [0.2, 0.25) is 0 Å². The number of hydrogen-bond donors (Lipinski definition) is 1. The van der Waals surface area contributed by atoms with Crippen LogP contribution in [0, 0.1) is 0 Å². The van der Waals surface area contributed by atoms with E-state index in [9.17, 15) is 0 Å². The summed E-state index contributed by atoms with van der Waals surface area (Å²) in [6, 6.07) is 10.6. The summed E-state index contributed by atoms with van der Waals surface area (Å²) in [6.45, 7) is 5.88. The molecule has 1 aromatic heterocycles. The Morgan fingerprint density at radius 3 is 2.80 bits per heavy atom. The number of aryl methyl sites for hydroxylation is 1. The Morgan fingerprint density at radius 2 is 2.10 bits per heavy atom. The lowest BCUT2D eigenvalue weighted by atomic mass is 9.88. The molecular weight excluding hydrogens is 252 g/mol. The third-order valence-electron chi connectivity index (χ3n) is 4.00. The maximum Gasteiger partial charge on any atom is 0.188 e. The zero-order valence-corrected chi connectivity index (χ0v) is 12.0. The van der Waals surface area contributed by atoms with E-state index in [1.54, 1.807) is 7.05 Å². The molecule has 0 saturated carbocycles. The molecular formula is C14H20N6. The second-order valence-electron chi connectivity index (χ2n) is 5.43. The molecule has 106 valence electrons. The van der Waals surface area contributed by atoms with E-state index in [0.717, 1.165) is 32.0 Å². The zero-order chi connectivity index (χ0) is 14.0. The van der Waals surface area contributed by atoms with Crippen LogP contribution in [0.3, 0.4) is 0 Å². The Bertz CT molecular complexity index is 566. The molecule has 3 rings (SSSR count). The summed E-state index contributed by atoms with van der Waals surface area (Å²) in [5.41, 5.74) is 1.27. The molecule has 0 spiro atoms. The maximum atomic E-state index is 4.30. The molecule has 2 aromatic rings. The highest BCUT2D eigenvalue weighted by molar-refractivity contribution is 5.25. The van der Waals surface area contributed by atoms with Crippen LogP contribution < -0.4 is 5.32 Å². The average Bonchev–Trinajstić information content (AvgIpc) is 2.88. The highest BCUT2D eigenvalue weighted by atomic mass is 15.6. The summed E-state index contributed by atoms with van der Waals surface area (Å²) in [5, 5.41) is 15.8. The molecule has 1 aromatic carbocycles. The Hall–Kier alpha value is -1.79. The number of nitrogens with one attached hydrogen (secondary N) is 1. The monoisotopic (exact) mass is 272 g/mol. The van der Waals surface area contributed by atoms with Crippen LogP contribution in [-0.4, -0.2) is 44.7 Å². The van der Waals surface area contributed by atoms with Crippen LogP contribution in [-0.2, 0) is 19.1 Å². The van der Waals surface area contributed by atoms with Crippen LogP contribution in [0.5, 0.6) is 0 Å². The van der Waals surface area contributed by atoms with Crippen LogP contribution in [0.25, 0.3) is 0 Å². The van der Waals surface area contributed by atoms with Crippen molar-refractivity contribution in [1.29, 1.82) is 0 Å². The summed E-state index contributed by atoms with van der Waals surface area (Å²) in [6.07, 6.45) is 0. The molecule has 20 heavy (non-hydrogen) atoms. The maximum absolute atomic E-state index is 4.30. The number of nitrogens with zero attached hydrogens (tertiary/aromatic N) is 5. The lowest BCUT2D eigenvalue weighted by Gasteiger charge is -2.45. The number of benzene rings is 1. The fraction of sp³-hybridized carbons (Fsp3) is 0.500. The van der Waals surface area contributed by atoms with Crippen molar-refractivity contribution >= 4 is 0 Å². The highest BCUT2D eigenvalue weighted by Crippen LogP contribution is 2.30. The highest BCUT2D eigenvalue weighted by Gasteiger charge is 2.36. The fourth-order valence-corrected chi connectivity index (χ4v) is 2.80. The van der Waals surface area contributed by atoms with Gasteiger partial charge in [0, 0.05) is 19.6 Å². The van der Waals surface area contributed by atoms with E-state index in [1.165, 1.54) is 10.4 Å². The smallest absolute Gasteiger partial charge is 0.188 e. The number of hydrogen-bond acceptors (Lipinski definition) is 5. The third-order valence-corrected chi connectivity index (χ3v) is 4.00. The number of piperazine rings is 1. The van der Waals surface area contributed by atoms with Gasteiger partial charge in [-0.15, -0.1) is 10.2 Å². The minimum Gasteiger partial charge on any atom is -0.313 e. The van der Waals surface area contributed by atoms with Crippen LogP contribution >= 0.6 is 0 Å². The first-order chi connectivity index (χ1) is 9.68. The Morgan fingerprint density at radius 1 is 1.30 bits per heavy atom. The van der Waals surface area contributed by atoms with Crippen molar-refractivity contribution in [2.75, 3.05) is 19.6 Å². The molecule has 1 unspecified atom stereocenters. The molecule has 6 nitrogen and oxygen atoms in total. The molecule has 2 heterocycles. The van der Waals surface area contributed by atoms with Gasteiger partial charge < -0.3 is 5.32 Å². The van der Waals surface area contributed by atoms with Gasteiger partial charge in [-0.25, -0.2) is 0 Å². The molecule has 1 aliphatic heterocycles. The van der Waals surface area contributed by atoms with Gasteiger partial charge in [-0.2, -0.15) is 4.80 Å². The van der Waals surface area contributed by atoms with E-state index in [0.29, 0.717) is 0 Å². The summed E-state index contributed by atoms with van der Waals surface area (Å²) in [4.78, 5) is 3.94. The van der Waals surface area contributed by atoms with E-state index in [2.05, 4.69) is 62.9 Å². The van der Waals surface area contributed by atoms with Crippen molar-refractivity contribution in [1.82, 2.24) is 30.4 Å². The standard InChI is InChI=1S/C14H20N6/c1-14(12-6-4-3-5-7-12)11-15-8-9-20(14)10-13-16-18-19(2)17-13/h3-7,15H,8-11H2,1-2H3. The third kappa shape index (κ3) is 2.44. The van der Waals surface area contributed by atoms with E-state index in [1.807, 2.05) is 0 Å². The molecule has 0 radical (unpaired) electrons. The van der Waals surface area contributed by atoms with Crippen molar-refractivity contribution < 1.29 is 0 Å². The lowest BCUT2D eigenvalue weighted by Crippen LogP contribution is -2.57. The first kappa shape index (κ1) is 13.2. The van der Waals surface area contributed by atoms with Crippen LogP contribution in [0.15, 0.2) is 30.3 Å². The molecule has 0 aliphatic carbocycles. The molecule has 6 heteroatoms. The SMILES string of the molecule is Cn1nnc(CN2CCNCC2(C)c2ccccc2)n1. The van der Waals surface area contributed by atoms with Gasteiger partial charge in [0.1, 0.15) is 0 Å². The first-order valence-corrected chi connectivity index (χ1v) is 6.93. The fourth-order valence-electron chi connectivity index (χ4n) is 2.80. The predicted octanol–water partition coefficient (Wildman–Crippen LogP) is 0.531. The Balaban J connectivity index is 1.87. The van der Waals surface area contributed by atoms with Gasteiger partial charge in [-0.3, -0.25) is 4.90 Å². The van der Waals surface area contributed by atoms with Gasteiger partial charge in [0.15, 0.2) is 5.82 Å². The van der Waals surface area contributed by atoms with Crippen molar-refractivity contribution in [3.05, 3.63) is 41.7 Å².